The van der Waals surface area contributed by atoms with Crippen LogP contribution in [-0.4, -0.2) is 45.9 Å². The molecule has 7 nitrogen and oxygen atoms in total. The third-order valence-corrected chi connectivity index (χ3v) is 7.09. The zero-order chi connectivity index (χ0) is 21.7. The first-order valence-corrected chi connectivity index (χ1v) is 11.4. The summed E-state index contributed by atoms with van der Waals surface area (Å²) in [5.41, 5.74) is 1.33. The van der Waals surface area contributed by atoms with E-state index in [9.17, 15) is 13.2 Å². The van der Waals surface area contributed by atoms with Gasteiger partial charge >= 0.3 is 0 Å². The van der Waals surface area contributed by atoms with Crippen LogP contribution in [0.2, 0.25) is 0 Å². The predicted molar refractivity (Wildman–Crippen MR) is 115 cm³/mol. The summed E-state index contributed by atoms with van der Waals surface area (Å²) in [6, 6.07) is 11.6. The molecule has 2 aromatic carbocycles. The summed E-state index contributed by atoms with van der Waals surface area (Å²) >= 11 is 0. The second kappa shape index (κ2) is 9.49. The normalized spacial score (nSPS) is 17.4. The number of nitrogens with zero attached hydrogens (tertiary/aromatic N) is 1. The van der Waals surface area contributed by atoms with Gasteiger partial charge in [-0.2, -0.15) is 4.31 Å². The largest absolute Gasteiger partial charge is 0.493 e. The Morgan fingerprint density at radius 2 is 1.80 bits per heavy atom. The van der Waals surface area contributed by atoms with Gasteiger partial charge in [-0.15, -0.1) is 0 Å². The van der Waals surface area contributed by atoms with Crippen molar-refractivity contribution >= 4 is 21.6 Å². The van der Waals surface area contributed by atoms with Crippen LogP contribution in [0.15, 0.2) is 47.4 Å². The molecule has 0 radical (unpaired) electrons. The fraction of sp³-hybridized carbons (Fsp3) is 0.409. The summed E-state index contributed by atoms with van der Waals surface area (Å²) in [7, 11) is -0.409. The van der Waals surface area contributed by atoms with E-state index in [4.69, 9.17) is 9.47 Å². The number of sulfonamides is 1. The van der Waals surface area contributed by atoms with Crippen molar-refractivity contribution in [2.24, 2.45) is 5.92 Å². The van der Waals surface area contributed by atoms with Crippen LogP contribution in [0.5, 0.6) is 11.5 Å². The number of benzene rings is 2. The molecule has 1 heterocycles. The first-order chi connectivity index (χ1) is 14.3. The average Bonchev–Trinajstić information content (AvgIpc) is 2.74. The molecule has 1 amide bonds. The lowest BCUT2D eigenvalue weighted by molar-refractivity contribution is -0.115. The Labute approximate surface area is 178 Å². The van der Waals surface area contributed by atoms with E-state index in [0.717, 1.165) is 18.4 Å². The van der Waals surface area contributed by atoms with Crippen LogP contribution < -0.4 is 14.8 Å². The second-order valence-corrected chi connectivity index (χ2v) is 9.49. The molecular formula is C22H28N2O5S. The van der Waals surface area contributed by atoms with Crippen LogP contribution >= 0.6 is 0 Å². The highest BCUT2D eigenvalue weighted by Gasteiger charge is 2.28. The van der Waals surface area contributed by atoms with Gasteiger partial charge < -0.3 is 14.8 Å². The molecule has 162 valence electrons. The van der Waals surface area contributed by atoms with Crippen LogP contribution in [0.3, 0.4) is 0 Å². The smallest absolute Gasteiger partial charge is 0.243 e. The lowest BCUT2D eigenvalue weighted by Crippen LogP contribution is -2.39. The first-order valence-electron chi connectivity index (χ1n) is 9.94. The Bertz CT molecular complexity index is 989. The van der Waals surface area contributed by atoms with Crippen molar-refractivity contribution in [2.45, 2.75) is 31.1 Å². The van der Waals surface area contributed by atoms with Gasteiger partial charge in [-0.1, -0.05) is 13.0 Å². The molecule has 1 fully saturated rings. The van der Waals surface area contributed by atoms with Crippen molar-refractivity contribution in [3.63, 3.8) is 0 Å². The lowest BCUT2D eigenvalue weighted by atomic mass is 10.0. The van der Waals surface area contributed by atoms with Crippen molar-refractivity contribution in [1.29, 1.82) is 0 Å². The average molecular weight is 433 g/mol. The van der Waals surface area contributed by atoms with Crippen LogP contribution in [0.4, 0.5) is 5.69 Å². The standard InChI is InChI=1S/C22H28N2O5S/c1-16-5-4-12-24(15-16)30(26,27)19-9-7-18(8-10-19)23-22(25)14-17-6-11-20(28-2)21(13-17)29-3/h6-11,13,16H,4-5,12,14-15H2,1-3H3,(H,23,25)/t16-/m0/s1. The van der Waals surface area contributed by atoms with Gasteiger partial charge in [0.05, 0.1) is 25.5 Å². The quantitative estimate of drug-likeness (QED) is 0.726. The van der Waals surface area contributed by atoms with E-state index in [0.29, 0.717) is 36.2 Å². The summed E-state index contributed by atoms with van der Waals surface area (Å²) in [5.74, 6) is 1.32. The van der Waals surface area contributed by atoms with E-state index in [1.54, 1.807) is 61.0 Å². The fourth-order valence-electron chi connectivity index (χ4n) is 3.61. The molecular weight excluding hydrogens is 404 g/mol. The molecule has 1 saturated heterocycles. The Balaban J connectivity index is 1.64. The molecule has 0 spiro atoms. The number of carbonyl (C=O) groups excluding carboxylic acids is 1. The summed E-state index contributed by atoms with van der Waals surface area (Å²) in [5, 5.41) is 2.80. The maximum absolute atomic E-state index is 12.8. The number of piperidine rings is 1. The molecule has 2 aromatic rings. The van der Waals surface area contributed by atoms with Gasteiger partial charge in [0, 0.05) is 18.8 Å². The van der Waals surface area contributed by atoms with Crippen LogP contribution in [0.25, 0.3) is 0 Å². The van der Waals surface area contributed by atoms with Gasteiger partial charge in [-0.05, 0) is 60.7 Å². The van der Waals surface area contributed by atoms with E-state index in [-0.39, 0.29) is 17.2 Å². The lowest BCUT2D eigenvalue weighted by Gasteiger charge is -2.30. The minimum absolute atomic E-state index is 0.159. The molecule has 0 saturated carbocycles. The van der Waals surface area contributed by atoms with E-state index >= 15 is 0 Å². The highest BCUT2D eigenvalue weighted by molar-refractivity contribution is 7.89. The van der Waals surface area contributed by atoms with E-state index in [2.05, 4.69) is 12.2 Å². The van der Waals surface area contributed by atoms with Crippen molar-refractivity contribution in [2.75, 3.05) is 32.6 Å². The van der Waals surface area contributed by atoms with E-state index < -0.39 is 10.0 Å². The molecule has 1 atom stereocenters. The third kappa shape index (κ3) is 5.12. The van der Waals surface area contributed by atoms with Gasteiger partial charge in [0.2, 0.25) is 15.9 Å². The zero-order valence-corrected chi connectivity index (χ0v) is 18.4. The Morgan fingerprint density at radius 3 is 2.43 bits per heavy atom. The Morgan fingerprint density at radius 1 is 1.10 bits per heavy atom. The van der Waals surface area contributed by atoms with Gasteiger partial charge in [-0.3, -0.25) is 4.79 Å². The predicted octanol–water partition coefficient (Wildman–Crippen LogP) is 3.31. The minimum atomic E-state index is -3.51. The molecule has 1 aliphatic heterocycles. The van der Waals surface area contributed by atoms with E-state index in [1.165, 1.54) is 0 Å². The number of hydrogen-bond donors (Lipinski definition) is 1. The van der Waals surface area contributed by atoms with E-state index in [1.807, 2.05) is 0 Å². The molecule has 3 rings (SSSR count). The van der Waals surface area contributed by atoms with Crippen molar-refractivity contribution < 1.29 is 22.7 Å². The second-order valence-electron chi connectivity index (χ2n) is 7.55. The van der Waals surface area contributed by atoms with Crippen molar-refractivity contribution in [1.82, 2.24) is 4.31 Å². The SMILES string of the molecule is COc1ccc(CC(=O)Nc2ccc(S(=O)(=O)N3CCC[C@H](C)C3)cc2)cc1OC. The summed E-state index contributed by atoms with van der Waals surface area (Å²) in [6.45, 7) is 3.17. The third-order valence-electron chi connectivity index (χ3n) is 5.21. The molecule has 0 aliphatic carbocycles. The number of ether oxygens (including phenoxy) is 2. The maximum Gasteiger partial charge on any atom is 0.243 e. The van der Waals surface area contributed by atoms with Crippen LogP contribution in [-0.2, 0) is 21.2 Å². The number of amides is 1. The molecule has 8 heteroatoms. The highest BCUT2D eigenvalue weighted by atomic mass is 32.2. The molecule has 0 bridgehead atoms. The zero-order valence-electron chi connectivity index (χ0n) is 17.6. The van der Waals surface area contributed by atoms with Gasteiger partial charge in [0.1, 0.15) is 0 Å². The molecule has 1 N–H and O–H groups in total. The summed E-state index contributed by atoms with van der Waals surface area (Å²) in [4.78, 5) is 12.6. The highest BCUT2D eigenvalue weighted by Crippen LogP contribution is 2.28. The number of anilines is 1. The van der Waals surface area contributed by atoms with Gasteiger partial charge in [0.25, 0.3) is 0 Å². The maximum atomic E-state index is 12.8. The number of methoxy groups -OCH3 is 2. The van der Waals surface area contributed by atoms with Crippen molar-refractivity contribution in [3.05, 3.63) is 48.0 Å². The summed E-state index contributed by atoms with van der Waals surface area (Å²) < 4.78 is 37.7. The monoisotopic (exact) mass is 432 g/mol. The first kappa shape index (κ1) is 22.1. The van der Waals surface area contributed by atoms with Gasteiger partial charge in [-0.25, -0.2) is 8.42 Å². The topological polar surface area (TPSA) is 84.9 Å². The van der Waals surface area contributed by atoms with Crippen molar-refractivity contribution in [3.8, 4) is 11.5 Å². The Hall–Kier alpha value is -2.58. The minimum Gasteiger partial charge on any atom is -0.493 e. The summed E-state index contributed by atoms with van der Waals surface area (Å²) in [6.07, 6.45) is 2.09. The molecule has 1 aliphatic rings. The molecule has 0 aromatic heterocycles. The van der Waals surface area contributed by atoms with Gasteiger partial charge in [0.15, 0.2) is 11.5 Å². The number of rotatable bonds is 7. The molecule has 30 heavy (non-hydrogen) atoms. The Kier molecular flexibility index (Phi) is 6.99. The van der Waals surface area contributed by atoms with Crippen LogP contribution in [0, 0.1) is 5.92 Å². The number of nitrogens with one attached hydrogen (secondary N) is 1. The van der Waals surface area contributed by atoms with Crippen LogP contribution in [0.1, 0.15) is 25.3 Å². The number of hydrogen-bond acceptors (Lipinski definition) is 5. The molecule has 0 unspecified atom stereocenters. The number of carbonyl (C=O) groups is 1. The fourth-order valence-corrected chi connectivity index (χ4v) is 5.20.